The Bertz CT molecular complexity index is 957. The highest BCUT2D eigenvalue weighted by Gasteiger charge is 2.44. The van der Waals surface area contributed by atoms with Gasteiger partial charge in [-0.1, -0.05) is 30.3 Å². The fourth-order valence-corrected chi connectivity index (χ4v) is 3.12. The number of nitro groups is 1. The normalized spacial score (nSPS) is 16.1. The van der Waals surface area contributed by atoms with Gasteiger partial charge in [0.15, 0.2) is 0 Å². The quantitative estimate of drug-likeness (QED) is 0.332. The molecule has 1 atom stereocenters. The second kappa shape index (κ2) is 7.83. The van der Waals surface area contributed by atoms with Gasteiger partial charge in [-0.25, -0.2) is 4.90 Å². The number of nitrogens with zero attached hydrogens (tertiary/aromatic N) is 3. The Morgan fingerprint density at radius 1 is 1.21 bits per heavy atom. The van der Waals surface area contributed by atoms with Gasteiger partial charge < -0.3 is 4.90 Å². The van der Waals surface area contributed by atoms with Gasteiger partial charge in [0, 0.05) is 24.2 Å². The zero-order valence-corrected chi connectivity index (χ0v) is 14.9. The molecule has 0 bridgehead atoms. The summed E-state index contributed by atoms with van der Waals surface area (Å²) in [5.74, 6) is -1.51. The molecule has 0 aliphatic carbocycles. The summed E-state index contributed by atoms with van der Waals surface area (Å²) >= 11 is 0. The minimum Gasteiger partial charge on any atom is -0.322 e. The third-order valence-corrected chi connectivity index (χ3v) is 4.40. The van der Waals surface area contributed by atoms with Crippen LogP contribution in [0.4, 0.5) is 11.4 Å². The van der Waals surface area contributed by atoms with Crippen LogP contribution in [0.5, 0.6) is 0 Å². The lowest BCUT2D eigenvalue weighted by atomic mass is 10.1. The summed E-state index contributed by atoms with van der Waals surface area (Å²) in [5, 5.41) is 11.0. The highest BCUT2D eigenvalue weighted by Crippen LogP contribution is 2.27. The van der Waals surface area contributed by atoms with Gasteiger partial charge in [0.1, 0.15) is 6.04 Å². The Hall–Kier alpha value is -3.81. The molecule has 1 saturated heterocycles. The molecule has 0 aromatic heterocycles. The molecule has 0 radical (unpaired) electrons. The molecule has 0 spiro atoms. The molecule has 3 rings (SSSR count). The van der Waals surface area contributed by atoms with Crippen molar-refractivity contribution >= 4 is 29.1 Å². The first-order valence-electron chi connectivity index (χ1n) is 8.52. The zero-order valence-electron chi connectivity index (χ0n) is 14.9. The van der Waals surface area contributed by atoms with Crippen molar-refractivity contribution < 1.29 is 19.3 Å². The van der Waals surface area contributed by atoms with E-state index in [1.54, 1.807) is 30.3 Å². The summed E-state index contributed by atoms with van der Waals surface area (Å²) in [5.41, 5.74) is 0.264. The fraction of sp³-hybridized carbons (Fsp3) is 0.150. The summed E-state index contributed by atoms with van der Waals surface area (Å²) in [6, 6.07) is 12.7. The van der Waals surface area contributed by atoms with Crippen LogP contribution in [0.3, 0.4) is 0 Å². The number of carbonyl (C=O) groups excluding carboxylic acids is 3. The molecule has 142 valence electrons. The molecule has 28 heavy (non-hydrogen) atoms. The second-order valence-corrected chi connectivity index (χ2v) is 6.18. The van der Waals surface area contributed by atoms with E-state index in [0.29, 0.717) is 5.69 Å². The summed E-state index contributed by atoms with van der Waals surface area (Å²) in [7, 11) is 0. The fourth-order valence-electron chi connectivity index (χ4n) is 3.12. The maximum atomic E-state index is 13.0. The maximum Gasteiger partial charge on any atom is 0.270 e. The highest BCUT2D eigenvalue weighted by atomic mass is 16.6. The maximum absolute atomic E-state index is 13.0. The largest absolute Gasteiger partial charge is 0.322 e. The molecule has 1 heterocycles. The number of benzene rings is 2. The van der Waals surface area contributed by atoms with E-state index >= 15 is 0 Å². The molecule has 3 amide bonds. The van der Waals surface area contributed by atoms with Gasteiger partial charge in [-0.15, -0.1) is 6.58 Å². The van der Waals surface area contributed by atoms with E-state index in [2.05, 4.69) is 6.58 Å². The van der Waals surface area contributed by atoms with Crippen LogP contribution in [0, 0.1) is 10.1 Å². The minimum atomic E-state index is -1.00. The number of amides is 3. The van der Waals surface area contributed by atoms with Crippen LogP contribution in [0.15, 0.2) is 67.3 Å². The number of anilines is 1. The van der Waals surface area contributed by atoms with Crippen LogP contribution in [0.2, 0.25) is 0 Å². The molecule has 8 nitrogen and oxygen atoms in total. The van der Waals surface area contributed by atoms with E-state index in [1.807, 2.05) is 0 Å². The van der Waals surface area contributed by atoms with Crippen molar-refractivity contribution in [3.05, 3.63) is 82.9 Å². The third-order valence-electron chi connectivity index (χ3n) is 4.40. The van der Waals surface area contributed by atoms with E-state index in [9.17, 15) is 24.5 Å². The number of non-ortho nitro benzene ring substituents is 1. The Labute approximate surface area is 160 Å². The summed E-state index contributed by atoms with van der Waals surface area (Å²) in [6.45, 7) is 3.62. The van der Waals surface area contributed by atoms with Crippen LogP contribution in [-0.2, 0) is 9.59 Å². The molecule has 1 unspecified atom stereocenters. The van der Waals surface area contributed by atoms with Gasteiger partial charge in [0.2, 0.25) is 5.91 Å². The van der Waals surface area contributed by atoms with Crippen LogP contribution in [0.25, 0.3) is 0 Å². The van der Waals surface area contributed by atoms with Gasteiger partial charge in [-0.2, -0.15) is 0 Å². The smallest absolute Gasteiger partial charge is 0.270 e. The van der Waals surface area contributed by atoms with Gasteiger partial charge in [0.25, 0.3) is 17.5 Å². The first-order valence-corrected chi connectivity index (χ1v) is 8.52. The van der Waals surface area contributed by atoms with Gasteiger partial charge in [-0.3, -0.25) is 24.5 Å². The SMILES string of the molecule is C=CCN(C(=O)c1cccc([N+](=O)[O-])c1)C1CC(=O)N(c2ccccc2)C1=O. The minimum absolute atomic E-state index is 0.0217. The summed E-state index contributed by atoms with van der Waals surface area (Å²) < 4.78 is 0. The van der Waals surface area contributed by atoms with Crippen LogP contribution in [-0.4, -0.2) is 40.1 Å². The number of para-hydroxylation sites is 1. The average Bonchev–Trinajstić information content (AvgIpc) is 3.00. The van der Waals surface area contributed by atoms with Crippen LogP contribution in [0.1, 0.15) is 16.8 Å². The standard InChI is InChI=1S/C20H17N3O5/c1-2-11-21(19(25)14-7-6-10-16(12-14)23(27)28)17-13-18(24)22(20(17)26)15-8-4-3-5-9-15/h2-10,12,17H,1,11,13H2. The Balaban J connectivity index is 1.92. The first kappa shape index (κ1) is 19.0. The highest BCUT2D eigenvalue weighted by molar-refractivity contribution is 6.23. The number of hydrogen-bond acceptors (Lipinski definition) is 5. The topological polar surface area (TPSA) is 101 Å². The average molecular weight is 379 g/mol. The molecular weight excluding hydrogens is 362 g/mol. The van der Waals surface area contributed by atoms with Crippen molar-refractivity contribution in [2.24, 2.45) is 0 Å². The monoisotopic (exact) mass is 379 g/mol. The summed E-state index contributed by atoms with van der Waals surface area (Å²) in [4.78, 5) is 51.0. The second-order valence-electron chi connectivity index (χ2n) is 6.18. The number of rotatable bonds is 6. The van der Waals surface area contributed by atoms with Crippen molar-refractivity contribution in [2.45, 2.75) is 12.5 Å². The lowest BCUT2D eigenvalue weighted by Gasteiger charge is -2.26. The number of hydrogen-bond donors (Lipinski definition) is 0. The Morgan fingerprint density at radius 2 is 1.93 bits per heavy atom. The van der Waals surface area contributed by atoms with Gasteiger partial charge >= 0.3 is 0 Å². The van der Waals surface area contributed by atoms with Crippen molar-refractivity contribution in [1.29, 1.82) is 0 Å². The van der Waals surface area contributed by atoms with Crippen molar-refractivity contribution in [3.8, 4) is 0 Å². The van der Waals surface area contributed by atoms with Crippen molar-refractivity contribution in [1.82, 2.24) is 4.90 Å². The molecule has 1 aliphatic rings. The van der Waals surface area contributed by atoms with Gasteiger partial charge in [-0.05, 0) is 18.2 Å². The molecular formula is C20H17N3O5. The summed E-state index contributed by atoms with van der Waals surface area (Å²) in [6.07, 6.45) is 1.28. The molecule has 2 aromatic carbocycles. The van der Waals surface area contributed by atoms with Crippen molar-refractivity contribution in [3.63, 3.8) is 0 Å². The number of nitro benzene ring substituents is 1. The van der Waals surface area contributed by atoms with Crippen molar-refractivity contribution in [2.75, 3.05) is 11.4 Å². The van der Waals surface area contributed by atoms with Crippen LogP contribution >= 0.6 is 0 Å². The predicted octanol–water partition coefficient (Wildman–Crippen LogP) is 2.56. The molecule has 1 aliphatic heterocycles. The Kier molecular flexibility index (Phi) is 5.30. The van der Waals surface area contributed by atoms with Crippen LogP contribution < -0.4 is 4.90 Å². The van der Waals surface area contributed by atoms with E-state index in [4.69, 9.17) is 0 Å². The lowest BCUT2D eigenvalue weighted by molar-refractivity contribution is -0.384. The lowest BCUT2D eigenvalue weighted by Crippen LogP contribution is -2.45. The van der Waals surface area contributed by atoms with E-state index < -0.39 is 28.7 Å². The molecule has 2 aromatic rings. The number of carbonyl (C=O) groups is 3. The molecule has 0 N–H and O–H groups in total. The van der Waals surface area contributed by atoms with Gasteiger partial charge in [0.05, 0.1) is 17.0 Å². The molecule has 1 fully saturated rings. The van der Waals surface area contributed by atoms with E-state index in [0.717, 1.165) is 11.0 Å². The first-order chi connectivity index (χ1) is 13.4. The third kappa shape index (κ3) is 3.52. The van der Waals surface area contributed by atoms with E-state index in [1.165, 1.54) is 29.2 Å². The predicted molar refractivity (Wildman–Crippen MR) is 102 cm³/mol. The van der Waals surface area contributed by atoms with E-state index in [-0.39, 0.29) is 24.2 Å². The number of imide groups is 1. The molecule has 0 saturated carbocycles. The molecule has 8 heteroatoms. The zero-order chi connectivity index (χ0) is 20.3. The Morgan fingerprint density at radius 3 is 2.57 bits per heavy atom.